The first kappa shape index (κ1) is 11.4. The molecule has 0 aromatic carbocycles. The Hall–Kier alpha value is -2.11. The Morgan fingerprint density at radius 2 is 2.18 bits per heavy atom. The second-order valence-corrected chi connectivity index (χ2v) is 4.17. The third-order valence-electron chi connectivity index (χ3n) is 2.57. The molecule has 2 aromatic rings. The second kappa shape index (κ2) is 4.04. The van der Waals surface area contributed by atoms with Gasteiger partial charge in [-0.15, -0.1) is 0 Å². The van der Waals surface area contributed by atoms with Crippen LogP contribution < -0.4 is 11.2 Å². The molecule has 0 spiro atoms. The molecule has 0 atom stereocenters. The molecule has 2 heterocycles. The summed E-state index contributed by atoms with van der Waals surface area (Å²) < 4.78 is 3.05. The monoisotopic (exact) mass is 234 g/mol. The van der Waals surface area contributed by atoms with Crippen molar-refractivity contribution in [3.63, 3.8) is 0 Å². The number of imidazole rings is 1. The Labute approximate surface area is 97.2 Å². The summed E-state index contributed by atoms with van der Waals surface area (Å²) in [5, 5.41) is 0. The summed E-state index contributed by atoms with van der Waals surface area (Å²) in [6.45, 7) is 4.54. The van der Waals surface area contributed by atoms with Gasteiger partial charge in [-0.1, -0.05) is 11.6 Å². The van der Waals surface area contributed by atoms with Crippen LogP contribution in [0, 0.1) is 0 Å². The minimum atomic E-state index is -0.449. The third kappa shape index (κ3) is 1.93. The predicted molar refractivity (Wildman–Crippen MR) is 65.0 cm³/mol. The van der Waals surface area contributed by atoms with Crippen molar-refractivity contribution in [3.8, 4) is 0 Å². The highest BCUT2D eigenvalue weighted by molar-refractivity contribution is 5.69. The van der Waals surface area contributed by atoms with Gasteiger partial charge in [0.1, 0.15) is 0 Å². The van der Waals surface area contributed by atoms with Crippen molar-refractivity contribution >= 4 is 11.2 Å². The number of hydrogen-bond donors (Lipinski definition) is 1. The summed E-state index contributed by atoms with van der Waals surface area (Å²) in [5.74, 6) is 0. The molecule has 0 unspecified atom stereocenters. The zero-order chi connectivity index (χ0) is 12.6. The van der Waals surface area contributed by atoms with Gasteiger partial charge in [0.25, 0.3) is 5.56 Å². The number of nitrogens with one attached hydrogen (secondary N) is 1. The Bertz CT molecular complexity index is 698. The quantitative estimate of drug-likeness (QED) is 0.764. The summed E-state index contributed by atoms with van der Waals surface area (Å²) in [5.41, 5.74) is 1.14. The summed E-state index contributed by atoms with van der Waals surface area (Å²) in [4.78, 5) is 29.5. The molecule has 6 nitrogen and oxygen atoms in total. The average Bonchev–Trinajstić information content (AvgIpc) is 2.67. The maximum atomic E-state index is 11.7. The van der Waals surface area contributed by atoms with Crippen molar-refractivity contribution < 1.29 is 0 Å². The fourth-order valence-electron chi connectivity index (χ4n) is 1.60. The first-order chi connectivity index (χ1) is 8.00. The van der Waals surface area contributed by atoms with Crippen molar-refractivity contribution in [3.05, 3.63) is 38.8 Å². The number of hydrogen-bond acceptors (Lipinski definition) is 3. The molecule has 90 valence electrons. The Balaban J connectivity index is 2.69. The molecule has 0 radical (unpaired) electrons. The van der Waals surface area contributed by atoms with E-state index < -0.39 is 11.2 Å². The molecule has 2 aromatic heterocycles. The van der Waals surface area contributed by atoms with Gasteiger partial charge in [-0.25, -0.2) is 9.78 Å². The van der Waals surface area contributed by atoms with Crippen LogP contribution in [0.1, 0.15) is 13.8 Å². The Morgan fingerprint density at radius 1 is 1.47 bits per heavy atom. The van der Waals surface area contributed by atoms with Crippen LogP contribution in [0.4, 0.5) is 0 Å². The van der Waals surface area contributed by atoms with Gasteiger partial charge in [0.15, 0.2) is 11.2 Å². The lowest BCUT2D eigenvalue weighted by Crippen LogP contribution is -2.29. The maximum Gasteiger partial charge on any atom is 0.329 e. The topological polar surface area (TPSA) is 72.7 Å². The van der Waals surface area contributed by atoms with Crippen molar-refractivity contribution in [2.75, 3.05) is 0 Å². The molecule has 0 bridgehead atoms. The Morgan fingerprint density at radius 3 is 2.82 bits per heavy atom. The Kier molecular flexibility index (Phi) is 2.71. The van der Waals surface area contributed by atoms with Gasteiger partial charge in [0.05, 0.1) is 6.33 Å². The number of aryl methyl sites for hydroxylation is 1. The van der Waals surface area contributed by atoms with Crippen LogP contribution in [0.3, 0.4) is 0 Å². The summed E-state index contributed by atoms with van der Waals surface area (Å²) >= 11 is 0. The number of allylic oxidation sites excluding steroid dienone is 2. The lowest BCUT2D eigenvalue weighted by Gasteiger charge is -2.01. The highest BCUT2D eigenvalue weighted by Gasteiger charge is 2.10. The van der Waals surface area contributed by atoms with Crippen LogP contribution in [-0.2, 0) is 13.6 Å². The van der Waals surface area contributed by atoms with E-state index in [2.05, 4.69) is 9.97 Å². The molecule has 0 fully saturated rings. The smallest absolute Gasteiger partial charge is 0.321 e. The van der Waals surface area contributed by atoms with Crippen LogP contribution in [0.25, 0.3) is 11.2 Å². The number of H-pyrrole nitrogens is 1. The van der Waals surface area contributed by atoms with Gasteiger partial charge in [-0.3, -0.25) is 14.3 Å². The molecule has 0 amide bonds. The normalized spacial score (nSPS) is 10.8. The predicted octanol–water partition coefficient (Wildman–Crippen LogP) is 0.389. The van der Waals surface area contributed by atoms with E-state index in [1.165, 1.54) is 4.57 Å². The van der Waals surface area contributed by atoms with Gasteiger partial charge in [0, 0.05) is 13.6 Å². The number of nitrogens with zero attached hydrogens (tertiary/aromatic N) is 3. The van der Waals surface area contributed by atoms with Crippen LogP contribution in [0.2, 0.25) is 0 Å². The summed E-state index contributed by atoms with van der Waals surface area (Å²) in [6, 6.07) is 0. The SMILES string of the molecule is CC(C)=CCn1cnc2c1c(=O)[nH]c(=O)n2C. The van der Waals surface area contributed by atoms with Gasteiger partial charge < -0.3 is 4.57 Å². The van der Waals surface area contributed by atoms with E-state index in [-0.39, 0.29) is 0 Å². The van der Waals surface area contributed by atoms with E-state index in [0.29, 0.717) is 17.7 Å². The molecule has 0 saturated heterocycles. The van der Waals surface area contributed by atoms with E-state index >= 15 is 0 Å². The van der Waals surface area contributed by atoms with E-state index in [9.17, 15) is 9.59 Å². The molecule has 2 rings (SSSR count). The van der Waals surface area contributed by atoms with E-state index in [0.717, 1.165) is 5.57 Å². The van der Waals surface area contributed by atoms with Crippen LogP contribution in [-0.4, -0.2) is 19.1 Å². The fourth-order valence-corrected chi connectivity index (χ4v) is 1.60. The van der Waals surface area contributed by atoms with Gasteiger partial charge in [-0.2, -0.15) is 0 Å². The maximum absolute atomic E-state index is 11.7. The van der Waals surface area contributed by atoms with Crippen molar-refractivity contribution in [2.24, 2.45) is 7.05 Å². The van der Waals surface area contributed by atoms with Crippen molar-refractivity contribution in [1.82, 2.24) is 19.1 Å². The van der Waals surface area contributed by atoms with Crippen LogP contribution >= 0.6 is 0 Å². The lowest BCUT2D eigenvalue weighted by atomic mass is 10.3. The van der Waals surface area contributed by atoms with Gasteiger partial charge >= 0.3 is 5.69 Å². The van der Waals surface area contributed by atoms with Gasteiger partial charge in [0.2, 0.25) is 0 Å². The first-order valence-corrected chi connectivity index (χ1v) is 5.28. The fraction of sp³-hybridized carbons (Fsp3) is 0.364. The van der Waals surface area contributed by atoms with E-state index in [1.807, 2.05) is 19.9 Å². The van der Waals surface area contributed by atoms with Crippen molar-refractivity contribution in [1.29, 1.82) is 0 Å². The summed E-state index contributed by atoms with van der Waals surface area (Å²) in [7, 11) is 1.58. The van der Waals surface area contributed by atoms with Crippen LogP contribution in [0.5, 0.6) is 0 Å². The summed E-state index contributed by atoms with van der Waals surface area (Å²) in [6.07, 6.45) is 3.56. The zero-order valence-corrected chi connectivity index (χ0v) is 10.0. The molecule has 6 heteroatoms. The molecular formula is C11H14N4O2. The van der Waals surface area contributed by atoms with Gasteiger partial charge in [-0.05, 0) is 13.8 Å². The number of aromatic nitrogens is 4. The second-order valence-electron chi connectivity index (χ2n) is 4.17. The van der Waals surface area contributed by atoms with E-state index in [1.54, 1.807) is 17.9 Å². The average molecular weight is 234 g/mol. The minimum absolute atomic E-state index is 0.400. The number of aromatic amines is 1. The molecule has 0 aliphatic rings. The van der Waals surface area contributed by atoms with Crippen molar-refractivity contribution in [2.45, 2.75) is 20.4 Å². The lowest BCUT2D eigenvalue weighted by molar-refractivity contribution is 0.816. The first-order valence-electron chi connectivity index (χ1n) is 5.28. The minimum Gasteiger partial charge on any atom is -0.321 e. The van der Waals surface area contributed by atoms with E-state index in [4.69, 9.17) is 0 Å². The molecule has 0 aliphatic carbocycles. The zero-order valence-electron chi connectivity index (χ0n) is 10.0. The number of rotatable bonds is 2. The number of fused-ring (bicyclic) bond motifs is 1. The molecule has 0 saturated carbocycles. The third-order valence-corrected chi connectivity index (χ3v) is 2.57. The highest BCUT2D eigenvalue weighted by Crippen LogP contribution is 2.05. The van der Waals surface area contributed by atoms with Crippen LogP contribution in [0.15, 0.2) is 27.6 Å². The molecule has 0 aliphatic heterocycles. The molecule has 17 heavy (non-hydrogen) atoms. The highest BCUT2D eigenvalue weighted by atomic mass is 16.2. The molecular weight excluding hydrogens is 220 g/mol. The standard InChI is InChI=1S/C11H14N4O2/c1-7(2)4-5-15-6-12-9-8(15)10(16)13-11(17)14(9)3/h4,6H,5H2,1-3H3,(H,13,16,17). The largest absolute Gasteiger partial charge is 0.329 e. The molecule has 1 N–H and O–H groups in total.